The summed E-state index contributed by atoms with van der Waals surface area (Å²) in [5, 5.41) is 17.9. The predicted octanol–water partition coefficient (Wildman–Crippen LogP) is 12.3. The highest BCUT2D eigenvalue weighted by Gasteiger charge is 2.42. The summed E-state index contributed by atoms with van der Waals surface area (Å²) in [4.78, 5) is 13.5. The zero-order chi connectivity index (χ0) is 40.8. The van der Waals surface area contributed by atoms with Gasteiger partial charge in [0.15, 0.2) is 0 Å². The van der Waals surface area contributed by atoms with E-state index in [-0.39, 0.29) is 24.7 Å². The first kappa shape index (κ1) is 46.9. The Hall–Kier alpha value is -3.79. The van der Waals surface area contributed by atoms with Crippen molar-refractivity contribution in [1.29, 1.82) is 0 Å². The monoisotopic (exact) mass is 830 g/mol. The molecule has 4 unspecified atom stereocenters. The van der Waals surface area contributed by atoms with Crippen molar-refractivity contribution in [3.05, 3.63) is 107 Å². The summed E-state index contributed by atoms with van der Waals surface area (Å²) in [6, 6.07) is 30.0. The summed E-state index contributed by atoms with van der Waals surface area (Å²) >= 11 is 3.83. The minimum Gasteiger partial charge on any atom is -0.497 e. The molecule has 2 N–H and O–H groups in total. The average Bonchev–Trinajstić information content (AvgIpc) is 3.24. The van der Waals surface area contributed by atoms with E-state index in [0.717, 1.165) is 79.4 Å². The minimum absolute atomic E-state index is 0. The molecule has 7 nitrogen and oxygen atoms in total. The second-order valence-corrected chi connectivity index (χ2v) is 17.7. The van der Waals surface area contributed by atoms with Crippen molar-refractivity contribution < 1.29 is 34.0 Å². The Morgan fingerprint density at radius 2 is 0.966 bits per heavy atom. The van der Waals surface area contributed by atoms with E-state index in [1.807, 2.05) is 35.7 Å². The number of thioether (sulfide) groups is 2. The number of benzene rings is 4. The number of methoxy groups -OCH3 is 4. The maximum Gasteiger partial charge on any atom is 0.303 e. The number of carbonyl (C=O) groups is 1. The summed E-state index contributed by atoms with van der Waals surface area (Å²) in [6.45, 7) is 5.07. The third-order valence-corrected chi connectivity index (χ3v) is 14.9. The van der Waals surface area contributed by atoms with Crippen molar-refractivity contribution in [3.8, 4) is 23.0 Å². The number of ether oxygens (including phenoxy) is 4. The summed E-state index contributed by atoms with van der Waals surface area (Å²) in [6.07, 6.45) is 9.54. The van der Waals surface area contributed by atoms with Crippen LogP contribution in [0.25, 0.3) is 0 Å². The Labute approximate surface area is 356 Å². The fourth-order valence-corrected chi connectivity index (χ4v) is 11.3. The smallest absolute Gasteiger partial charge is 0.303 e. The topological polar surface area (TPSA) is 94.5 Å². The number of aliphatic carboxylic acids is 1. The summed E-state index contributed by atoms with van der Waals surface area (Å²) < 4.78 is 21.6. The SMILES string of the molecule is C.COc1ccc(C2(C)CSc3cc(OC)ccc3C2CCCCCC(=O)O)cc1.COc1ccc(C2(C)CSc3cc(OC)ccc3C2CCCCCCO)cc1. The van der Waals surface area contributed by atoms with Crippen LogP contribution in [0.5, 0.6) is 23.0 Å². The predicted molar refractivity (Wildman–Crippen MR) is 241 cm³/mol. The Kier molecular flexibility index (Phi) is 18.2. The van der Waals surface area contributed by atoms with E-state index in [9.17, 15) is 4.79 Å². The van der Waals surface area contributed by atoms with Gasteiger partial charge in [0, 0.05) is 45.2 Å². The number of aliphatic hydroxyl groups is 1. The van der Waals surface area contributed by atoms with Gasteiger partial charge in [0.05, 0.1) is 28.4 Å². The van der Waals surface area contributed by atoms with Gasteiger partial charge in [0.1, 0.15) is 23.0 Å². The van der Waals surface area contributed by atoms with Crippen molar-refractivity contribution in [2.45, 2.75) is 118 Å². The van der Waals surface area contributed by atoms with Gasteiger partial charge in [-0.05, 0) is 108 Å². The molecule has 0 bridgehead atoms. The van der Waals surface area contributed by atoms with E-state index >= 15 is 0 Å². The highest BCUT2D eigenvalue weighted by atomic mass is 32.2. The lowest BCUT2D eigenvalue weighted by molar-refractivity contribution is -0.137. The average molecular weight is 831 g/mol. The second-order valence-electron chi connectivity index (χ2n) is 15.7. The van der Waals surface area contributed by atoms with Gasteiger partial charge in [0.2, 0.25) is 0 Å². The Morgan fingerprint density at radius 3 is 1.34 bits per heavy atom. The molecule has 0 radical (unpaired) electrons. The molecule has 2 aliphatic rings. The molecule has 0 aromatic heterocycles. The maximum absolute atomic E-state index is 10.8. The van der Waals surface area contributed by atoms with Crippen LogP contribution in [-0.4, -0.2) is 62.7 Å². The highest BCUT2D eigenvalue weighted by molar-refractivity contribution is 7.99. The molecule has 0 saturated carbocycles. The number of carboxylic acid groups (broad SMARTS) is 1. The minimum atomic E-state index is -0.709. The van der Waals surface area contributed by atoms with Crippen LogP contribution < -0.4 is 18.9 Å². The second kappa shape index (κ2) is 22.5. The fourth-order valence-electron chi connectivity index (χ4n) is 8.53. The summed E-state index contributed by atoms with van der Waals surface area (Å²) in [5.74, 6) is 5.79. The van der Waals surface area contributed by atoms with Gasteiger partial charge in [0.25, 0.3) is 0 Å². The number of hydrogen-bond acceptors (Lipinski definition) is 8. The van der Waals surface area contributed by atoms with Crippen LogP contribution in [0.1, 0.15) is 120 Å². The van der Waals surface area contributed by atoms with E-state index < -0.39 is 5.97 Å². The molecule has 0 saturated heterocycles. The summed E-state index contributed by atoms with van der Waals surface area (Å²) in [7, 11) is 6.84. The molecule has 4 atom stereocenters. The molecule has 0 amide bonds. The lowest BCUT2D eigenvalue weighted by Gasteiger charge is -2.43. The van der Waals surface area contributed by atoms with Crippen LogP contribution in [0, 0.1) is 0 Å². The van der Waals surface area contributed by atoms with Crippen LogP contribution in [0.2, 0.25) is 0 Å². The van der Waals surface area contributed by atoms with Crippen molar-refractivity contribution >= 4 is 29.5 Å². The molecule has 316 valence electrons. The van der Waals surface area contributed by atoms with Gasteiger partial charge < -0.3 is 29.2 Å². The fraction of sp³-hybridized carbons (Fsp3) is 0.490. The number of fused-ring (bicyclic) bond motifs is 2. The molecule has 0 aliphatic carbocycles. The van der Waals surface area contributed by atoms with Gasteiger partial charge in [-0.1, -0.05) is 89.8 Å². The molecule has 58 heavy (non-hydrogen) atoms. The van der Waals surface area contributed by atoms with Crippen molar-refractivity contribution in [1.82, 2.24) is 0 Å². The van der Waals surface area contributed by atoms with Crippen molar-refractivity contribution in [2.24, 2.45) is 0 Å². The van der Waals surface area contributed by atoms with E-state index in [1.54, 1.807) is 28.4 Å². The molecule has 0 fully saturated rings. The van der Waals surface area contributed by atoms with Crippen LogP contribution in [0.3, 0.4) is 0 Å². The molecular formula is C49H66O7S2. The first-order valence-corrected chi connectivity index (χ1v) is 22.3. The third kappa shape index (κ3) is 11.5. The molecule has 2 heterocycles. The molecule has 6 rings (SSSR count). The Balaban J connectivity index is 0.000000252. The number of hydrogen-bond donors (Lipinski definition) is 2. The number of aliphatic hydroxyl groups excluding tert-OH is 1. The van der Waals surface area contributed by atoms with E-state index in [1.165, 1.54) is 44.9 Å². The van der Waals surface area contributed by atoms with E-state index in [2.05, 4.69) is 86.6 Å². The van der Waals surface area contributed by atoms with Gasteiger partial charge in [-0.3, -0.25) is 4.79 Å². The maximum atomic E-state index is 10.8. The lowest BCUT2D eigenvalue weighted by atomic mass is 9.68. The Bertz CT molecular complexity index is 1860. The first-order valence-electron chi connectivity index (χ1n) is 20.3. The van der Waals surface area contributed by atoms with E-state index in [0.29, 0.717) is 18.4 Å². The third-order valence-electron chi connectivity index (χ3n) is 12.1. The van der Waals surface area contributed by atoms with Crippen molar-refractivity contribution in [2.75, 3.05) is 46.6 Å². The number of carboxylic acids is 1. The lowest BCUT2D eigenvalue weighted by Crippen LogP contribution is -2.36. The van der Waals surface area contributed by atoms with Crippen LogP contribution in [0.15, 0.2) is 94.7 Å². The molecule has 9 heteroatoms. The van der Waals surface area contributed by atoms with Crippen LogP contribution >= 0.6 is 23.5 Å². The standard InChI is InChI=1S/C24H30O4S.C24H32O3S.CH4/c1-24(17-9-11-18(27-2)12-10-17)16-29-22-15-19(28-3)13-14-20(22)21(24)7-5-4-6-8-23(25)26;1-24(18-9-11-19(26-2)12-10-18)17-28-23-16-20(27-3)13-14-21(23)22(24)8-6-4-5-7-15-25;/h9-15,21H,4-8,16H2,1-3H3,(H,25,26);9-14,16,22,25H,4-8,15,17H2,1-3H3;1H4. The van der Waals surface area contributed by atoms with Crippen molar-refractivity contribution in [3.63, 3.8) is 0 Å². The largest absolute Gasteiger partial charge is 0.497 e. The zero-order valence-electron chi connectivity index (χ0n) is 34.7. The van der Waals surface area contributed by atoms with Gasteiger partial charge >= 0.3 is 5.97 Å². The molecule has 4 aromatic carbocycles. The zero-order valence-corrected chi connectivity index (χ0v) is 36.3. The number of rotatable bonds is 18. The van der Waals surface area contributed by atoms with Crippen LogP contribution in [0.4, 0.5) is 0 Å². The molecule has 2 aliphatic heterocycles. The normalized spacial score (nSPS) is 20.6. The quantitative estimate of drug-likeness (QED) is 0.0951. The highest BCUT2D eigenvalue weighted by Crippen LogP contribution is 2.54. The molecular weight excluding hydrogens is 765 g/mol. The first-order chi connectivity index (χ1) is 27.6. The number of unbranched alkanes of at least 4 members (excludes halogenated alkanes) is 5. The summed E-state index contributed by atoms with van der Waals surface area (Å²) in [5.41, 5.74) is 5.60. The Morgan fingerprint density at radius 1 is 0.586 bits per heavy atom. The van der Waals surface area contributed by atoms with Gasteiger partial charge in [-0.25, -0.2) is 0 Å². The van der Waals surface area contributed by atoms with Crippen LogP contribution in [-0.2, 0) is 15.6 Å². The molecule has 0 spiro atoms. The van der Waals surface area contributed by atoms with Gasteiger partial charge in [-0.2, -0.15) is 0 Å². The molecule has 4 aromatic rings. The van der Waals surface area contributed by atoms with E-state index in [4.69, 9.17) is 29.2 Å². The van der Waals surface area contributed by atoms with Gasteiger partial charge in [-0.15, -0.1) is 23.5 Å².